The van der Waals surface area contributed by atoms with Crippen molar-refractivity contribution in [3.63, 3.8) is 0 Å². The molecule has 0 fully saturated rings. The molecule has 2 aromatic heterocycles. The first-order valence-electron chi connectivity index (χ1n) is 6.10. The number of nitrogen functional groups attached to an aromatic ring is 1. The lowest BCUT2D eigenvalue weighted by Gasteiger charge is -2.04. The van der Waals surface area contributed by atoms with Crippen molar-refractivity contribution in [1.82, 2.24) is 9.55 Å². The topological polar surface area (TPSA) is 53.1 Å². The first-order valence-corrected chi connectivity index (χ1v) is 6.10. The second kappa shape index (κ2) is 4.65. The largest absolute Gasteiger partial charge is 0.487 e. The molecule has 0 amide bonds. The SMILES string of the molecule is Cn1cc(COc2cccnc2)c2ccc(N)cc21. The third-order valence-corrected chi connectivity index (χ3v) is 3.13. The van der Waals surface area contributed by atoms with E-state index in [0.29, 0.717) is 6.61 Å². The van der Waals surface area contributed by atoms with Crippen molar-refractivity contribution in [2.75, 3.05) is 5.73 Å². The first kappa shape index (κ1) is 11.6. The molecule has 3 rings (SSSR count). The predicted molar refractivity (Wildman–Crippen MR) is 75.9 cm³/mol. The summed E-state index contributed by atoms with van der Waals surface area (Å²) in [6.45, 7) is 0.521. The number of benzene rings is 1. The molecule has 0 aliphatic heterocycles. The van der Waals surface area contributed by atoms with Crippen LogP contribution in [0.15, 0.2) is 48.9 Å². The fourth-order valence-electron chi connectivity index (χ4n) is 2.19. The fourth-order valence-corrected chi connectivity index (χ4v) is 2.19. The van der Waals surface area contributed by atoms with Gasteiger partial charge in [0.2, 0.25) is 0 Å². The highest BCUT2D eigenvalue weighted by Crippen LogP contribution is 2.24. The molecule has 1 aromatic carbocycles. The van der Waals surface area contributed by atoms with Gasteiger partial charge in [-0.3, -0.25) is 4.98 Å². The second-order valence-electron chi connectivity index (χ2n) is 4.52. The van der Waals surface area contributed by atoms with Gasteiger partial charge in [0.25, 0.3) is 0 Å². The van der Waals surface area contributed by atoms with Gasteiger partial charge in [0.05, 0.1) is 11.7 Å². The molecule has 4 heteroatoms. The molecule has 0 spiro atoms. The van der Waals surface area contributed by atoms with E-state index in [9.17, 15) is 0 Å². The summed E-state index contributed by atoms with van der Waals surface area (Å²) in [5.41, 5.74) is 8.84. The molecule has 2 heterocycles. The van der Waals surface area contributed by atoms with Crippen LogP contribution in [-0.4, -0.2) is 9.55 Å². The molecule has 0 atom stereocenters. The lowest BCUT2D eigenvalue weighted by Crippen LogP contribution is -1.94. The van der Waals surface area contributed by atoms with Gasteiger partial charge in [-0.2, -0.15) is 0 Å². The van der Waals surface area contributed by atoms with Crippen LogP contribution >= 0.6 is 0 Å². The van der Waals surface area contributed by atoms with Gasteiger partial charge in [-0.05, 0) is 24.3 Å². The zero-order valence-electron chi connectivity index (χ0n) is 10.7. The summed E-state index contributed by atoms with van der Waals surface area (Å²) in [5, 5.41) is 1.17. The van der Waals surface area contributed by atoms with E-state index in [1.807, 2.05) is 37.4 Å². The Hall–Kier alpha value is -2.49. The van der Waals surface area contributed by atoms with Crippen molar-refractivity contribution in [3.05, 3.63) is 54.5 Å². The number of hydrogen-bond donors (Lipinski definition) is 1. The number of hydrogen-bond acceptors (Lipinski definition) is 3. The van der Waals surface area contributed by atoms with Crippen LogP contribution in [0.4, 0.5) is 5.69 Å². The maximum absolute atomic E-state index is 5.81. The summed E-state index contributed by atoms with van der Waals surface area (Å²) in [6, 6.07) is 9.68. The van der Waals surface area contributed by atoms with Crippen LogP contribution < -0.4 is 10.5 Å². The van der Waals surface area contributed by atoms with Crippen LogP contribution in [0.1, 0.15) is 5.56 Å². The summed E-state index contributed by atoms with van der Waals surface area (Å²) in [4.78, 5) is 4.03. The van der Waals surface area contributed by atoms with Crippen LogP contribution in [-0.2, 0) is 13.7 Å². The number of pyridine rings is 1. The Morgan fingerprint density at radius 1 is 1.32 bits per heavy atom. The summed E-state index contributed by atoms with van der Waals surface area (Å²) in [6.07, 6.45) is 5.51. The minimum absolute atomic E-state index is 0.521. The Balaban J connectivity index is 1.89. The maximum atomic E-state index is 5.81. The zero-order valence-corrected chi connectivity index (χ0v) is 10.7. The number of fused-ring (bicyclic) bond motifs is 1. The van der Waals surface area contributed by atoms with E-state index in [0.717, 1.165) is 22.5 Å². The molecule has 0 radical (unpaired) electrons. The molecule has 0 aliphatic rings. The van der Waals surface area contributed by atoms with Crippen molar-refractivity contribution in [2.45, 2.75) is 6.61 Å². The summed E-state index contributed by atoms with van der Waals surface area (Å²) in [7, 11) is 2.01. The fraction of sp³-hybridized carbons (Fsp3) is 0.133. The molecule has 2 N–H and O–H groups in total. The van der Waals surface area contributed by atoms with Crippen LogP contribution in [0.5, 0.6) is 5.75 Å². The number of rotatable bonds is 3. The molecule has 96 valence electrons. The monoisotopic (exact) mass is 253 g/mol. The standard InChI is InChI=1S/C15H15N3O/c1-18-9-11(10-19-13-3-2-6-17-8-13)14-5-4-12(16)7-15(14)18/h2-9H,10,16H2,1H3. The number of aryl methyl sites for hydroxylation is 1. The maximum Gasteiger partial charge on any atom is 0.138 e. The van der Waals surface area contributed by atoms with Crippen LogP contribution in [0, 0.1) is 0 Å². The van der Waals surface area contributed by atoms with Gasteiger partial charge >= 0.3 is 0 Å². The number of anilines is 1. The van der Waals surface area contributed by atoms with E-state index in [1.54, 1.807) is 12.4 Å². The first-order chi connectivity index (χ1) is 9.24. The molecule has 0 saturated heterocycles. The Labute approximate surface area is 111 Å². The van der Waals surface area contributed by atoms with E-state index < -0.39 is 0 Å². The van der Waals surface area contributed by atoms with E-state index in [2.05, 4.69) is 15.7 Å². The van der Waals surface area contributed by atoms with Gasteiger partial charge in [-0.25, -0.2) is 0 Å². The Kier molecular flexibility index (Phi) is 2.83. The highest BCUT2D eigenvalue weighted by Gasteiger charge is 2.07. The van der Waals surface area contributed by atoms with Gasteiger partial charge in [-0.1, -0.05) is 6.07 Å². The predicted octanol–water partition coefficient (Wildman–Crippen LogP) is 2.73. The number of nitrogens with zero attached hydrogens (tertiary/aromatic N) is 2. The van der Waals surface area contributed by atoms with Crippen molar-refractivity contribution >= 4 is 16.6 Å². The van der Waals surface area contributed by atoms with Crippen molar-refractivity contribution in [2.24, 2.45) is 7.05 Å². The molecule has 0 aliphatic carbocycles. The lowest BCUT2D eigenvalue weighted by molar-refractivity contribution is 0.306. The van der Waals surface area contributed by atoms with E-state index in [-0.39, 0.29) is 0 Å². The normalized spacial score (nSPS) is 10.8. The Bertz CT molecular complexity index is 704. The molecular weight excluding hydrogens is 238 g/mol. The van der Waals surface area contributed by atoms with Gasteiger partial charge in [0.15, 0.2) is 0 Å². The number of nitrogens with two attached hydrogens (primary N) is 1. The minimum atomic E-state index is 0.521. The molecule has 3 aromatic rings. The number of aromatic nitrogens is 2. The smallest absolute Gasteiger partial charge is 0.138 e. The van der Waals surface area contributed by atoms with Gasteiger partial charge in [0.1, 0.15) is 12.4 Å². The molecular formula is C15H15N3O. The third-order valence-electron chi connectivity index (χ3n) is 3.13. The van der Waals surface area contributed by atoms with Crippen LogP contribution in [0.25, 0.3) is 10.9 Å². The van der Waals surface area contributed by atoms with Gasteiger partial charge in [0, 0.05) is 36.1 Å². The van der Waals surface area contributed by atoms with E-state index in [1.165, 1.54) is 5.39 Å². The van der Waals surface area contributed by atoms with Gasteiger partial charge in [-0.15, -0.1) is 0 Å². The average Bonchev–Trinajstić information content (AvgIpc) is 2.74. The van der Waals surface area contributed by atoms with Crippen molar-refractivity contribution < 1.29 is 4.74 Å². The lowest BCUT2D eigenvalue weighted by atomic mass is 10.2. The summed E-state index contributed by atoms with van der Waals surface area (Å²) >= 11 is 0. The molecule has 4 nitrogen and oxygen atoms in total. The van der Waals surface area contributed by atoms with Gasteiger partial charge < -0.3 is 15.0 Å². The Morgan fingerprint density at radius 2 is 2.21 bits per heavy atom. The quantitative estimate of drug-likeness (QED) is 0.730. The minimum Gasteiger partial charge on any atom is -0.487 e. The Morgan fingerprint density at radius 3 is 3.00 bits per heavy atom. The highest BCUT2D eigenvalue weighted by atomic mass is 16.5. The van der Waals surface area contributed by atoms with Crippen molar-refractivity contribution in [3.8, 4) is 5.75 Å². The van der Waals surface area contributed by atoms with Crippen molar-refractivity contribution in [1.29, 1.82) is 0 Å². The molecule has 0 saturated carbocycles. The van der Waals surface area contributed by atoms with E-state index in [4.69, 9.17) is 10.5 Å². The average molecular weight is 253 g/mol. The summed E-state index contributed by atoms with van der Waals surface area (Å²) in [5.74, 6) is 0.773. The van der Waals surface area contributed by atoms with Crippen LogP contribution in [0.2, 0.25) is 0 Å². The second-order valence-corrected chi connectivity index (χ2v) is 4.52. The summed E-state index contributed by atoms with van der Waals surface area (Å²) < 4.78 is 7.80. The number of ether oxygens (including phenoxy) is 1. The third kappa shape index (κ3) is 2.25. The van der Waals surface area contributed by atoms with Crippen LogP contribution in [0.3, 0.4) is 0 Å². The highest BCUT2D eigenvalue weighted by molar-refractivity contribution is 5.86. The zero-order chi connectivity index (χ0) is 13.2. The molecule has 0 bridgehead atoms. The molecule has 19 heavy (non-hydrogen) atoms. The molecule has 0 unspecified atom stereocenters. The van der Waals surface area contributed by atoms with E-state index >= 15 is 0 Å².